The third-order valence-corrected chi connectivity index (χ3v) is 4.12. The minimum absolute atomic E-state index is 0.0611. The number of nitrogens with one attached hydrogen (secondary N) is 2. The van der Waals surface area contributed by atoms with E-state index in [0.717, 1.165) is 12.0 Å². The van der Waals surface area contributed by atoms with Gasteiger partial charge in [-0.15, -0.1) is 0 Å². The number of carbonyl (C=O) groups is 2. The molecule has 1 saturated heterocycles. The van der Waals surface area contributed by atoms with E-state index in [1.807, 2.05) is 0 Å². The van der Waals surface area contributed by atoms with Gasteiger partial charge in [-0.3, -0.25) is 4.79 Å². The lowest BCUT2D eigenvalue weighted by molar-refractivity contribution is -0.140. The summed E-state index contributed by atoms with van der Waals surface area (Å²) in [6.45, 7) is 1.23. The zero-order chi connectivity index (χ0) is 14.9. The minimum Gasteiger partial charge on any atom is -0.481 e. The van der Waals surface area contributed by atoms with Gasteiger partial charge in [0.05, 0.1) is 18.1 Å². The molecule has 112 valence electrons. The van der Waals surface area contributed by atoms with E-state index in [9.17, 15) is 14.7 Å². The Kier molecular flexibility index (Phi) is 3.55. The predicted octanol–water partition coefficient (Wildman–Crippen LogP) is 1.71. The highest BCUT2D eigenvalue weighted by Crippen LogP contribution is 2.48. The molecule has 0 radical (unpaired) electrons. The molecular weight excluding hydrogens is 272 g/mol. The third kappa shape index (κ3) is 2.85. The van der Waals surface area contributed by atoms with Crippen molar-refractivity contribution in [3.63, 3.8) is 0 Å². The van der Waals surface area contributed by atoms with Gasteiger partial charge in [-0.2, -0.15) is 0 Å². The molecule has 2 amide bonds. The summed E-state index contributed by atoms with van der Waals surface area (Å²) in [6.07, 6.45) is 2.18. The molecule has 1 unspecified atom stereocenters. The zero-order valence-corrected chi connectivity index (χ0v) is 11.6. The number of hydrogen-bond acceptors (Lipinski definition) is 3. The molecule has 3 rings (SSSR count). The van der Waals surface area contributed by atoms with Gasteiger partial charge in [0, 0.05) is 12.3 Å². The number of carbonyl (C=O) groups excluding carboxylic acids is 1. The number of amides is 2. The van der Waals surface area contributed by atoms with E-state index < -0.39 is 11.4 Å². The van der Waals surface area contributed by atoms with Gasteiger partial charge >= 0.3 is 12.0 Å². The highest BCUT2D eigenvalue weighted by atomic mass is 16.5. The summed E-state index contributed by atoms with van der Waals surface area (Å²) < 4.78 is 5.19. The standard InChI is InChI=1S/C15H18N2O4/c18-13(19)15(6-7-15)10-1-3-11(4-2-10)16-14(20)17-12-5-8-21-9-12/h1-4,12H,5-9H2,(H,18,19)(H2,16,17,20). The van der Waals surface area contributed by atoms with E-state index in [1.165, 1.54) is 0 Å². The number of carboxylic acid groups (broad SMARTS) is 1. The molecule has 6 nitrogen and oxygen atoms in total. The van der Waals surface area contributed by atoms with Crippen LogP contribution in [0.2, 0.25) is 0 Å². The van der Waals surface area contributed by atoms with Crippen LogP contribution in [-0.2, 0) is 14.9 Å². The van der Waals surface area contributed by atoms with Crippen LogP contribution in [0.3, 0.4) is 0 Å². The van der Waals surface area contributed by atoms with Crippen molar-refractivity contribution in [2.45, 2.75) is 30.7 Å². The van der Waals surface area contributed by atoms with Gasteiger partial charge in [-0.05, 0) is 37.0 Å². The molecule has 1 aromatic carbocycles. The van der Waals surface area contributed by atoms with Gasteiger partial charge in [0.2, 0.25) is 0 Å². The number of ether oxygens (including phenoxy) is 1. The summed E-state index contributed by atoms with van der Waals surface area (Å²) in [5.41, 5.74) is 0.739. The monoisotopic (exact) mass is 290 g/mol. The SMILES string of the molecule is O=C(Nc1ccc(C2(C(=O)O)CC2)cc1)NC1CCOC1. The fourth-order valence-electron chi connectivity index (χ4n) is 2.62. The topological polar surface area (TPSA) is 87.7 Å². The number of benzene rings is 1. The Morgan fingerprint density at radius 3 is 2.48 bits per heavy atom. The lowest BCUT2D eigenvalue weighted by Gasteiger charge is -2.13. The molecule has 1 atom stereocenters. The van der Waals surface area contributed by atoms with Crippen LogP contribution in [0.25, 0.3) is 0 Å². The molecule has 1 aromatic rings. The highest BCUT2D eigenvalue weighted by molar-refractivity contribution is 5.90. The van der Waals surface area contributed by atoms with Crippen molar-refractivity contribution >= 4 is 17.7 Å². The number of aliphatic carboxylic acids is 1. The van der Waals surface area contributed by atoms with E-state index in [-0.39, 0.29) is 12.1 Å². The highest BCUT2D eigenvalue weighted by Gasteiger charge is 2.51. The first-order chi connectivity index (χ1) is 10.1. The number of hydrogen-bond donors (Lipinski definition) is 3. The van der Waals surface area contributed by atoms with E-state index >= 15 is 0 Å². The normalized spacial score (nSPS) is 22.6. The first-order valence-electron chi connectivity index (χ1n) is 7.09. The van der Waals surface area contributed by atoms with Crippen molar-refractivity contribution in [3.8, 4) is 0 Å². The van der Waals surface area contributed by atoms with Crippen LogP contribution in [0.4, 0.5) is 10.5 Å². The molecule has 2 aliphatic rings. The van der Waals surface area contributed by atoms with Crippen molar-refractivity contribution in [1.82, 2.24) is 5.32 Å². The third-order valence-electron chi connectivity index (χ3n) is 4.12. The van der Waals surface area contributed by atoms with E-state index in [0.29, 0.717) is 31.7 Å². The maximum absolute atomic E-state index is 11.8. The maximum atomic E-state index is 11.8. The second-order valence-electron chi connectivity index (χ2n) is 5.62. The molecule has 0 bridgehead atoms. The average molecular weight is 290 g/mol. The van der Waals surface area contributed by atoms with Gasteiger partial charge in [0.1, 0.15) is 0 Å². The van der Waals surface area contributed by atoms with Crippen molar-refractivity contribution < 1.29 is 19.4 Å². The van der Waals surface area contributed by atoms with Crippen molar-refractivity contribution in [2.75, 3.05) is 18.5 Å². The summed E-state index contributed by atoms with van der Waals surface area (Å²) >= 11 is 0. The Bertz CT molecular complexity index is 545. The van der Waals surface area contributed by atoms with Crippen LogP contribution in [-0.4, -0.2) is 36.4 Å². The zero-order valence-electron chi connectivity index (χ0n) is 11.6. The van der Waals surface area contributed by atoms with Crippen LogP contribution < -0.4 is 10.6 Å². The summed E-state index contributed by atoms with van der Waals surface area (Å²) in [7, 11) is 0. The first kappa shape index (κ1) is 13.9. The van der Waals surface area contributed by atoms with Crippen molar-refractivity contribution in [3.05, 3.63) is 29.8 Å². The molecule has 2 fully saturated rings. The summed E-state index contributed by atoms with van der Waals surface area (Å²) in [5.74, 6) is -0.776. The van der Waals surface area contributed by atoms with Gasteiger partial charge in [-0.25, -0.2) is 4.79 Å². The Morgan fingerprint density at radius 1 is 1.24 bits per heavy atom. The number of rotatable bonds is 4. The molecular formula is C15H18N2O4. The van der Waals surface area contributed by atoms with Gasteiger partial charge < -0.3 is 20.5 Å². The van der Waals surface area contributed by atoms with Gasteiger partial charge in [0.15, 0.2) is 0 Å². The largest absolute Gasteiger partial charge is 0.481 e. The number of anilines is 1. The van der Waals surface area contributed by atoms with Crippen molar-refractivity contribution in [2.24, 2.45) is 0 Å². The molecule has 21 heavy (non-hydrogen) atoms. The Morgan fingerprint density at radius 2 is 1.95 bits per heavy atom. The smallest absolute Gasteiger partial charge is 0.319 e. The van der Waals surface area contributed by atoms with Crippen LogP contribution >= 0.6 is 0 Å². The molecule has 0 spiro atoms. The molecule has 1 aliphatic heterocycles. The Balaban J connectivity index is 1.59. The van der Waals surface area contributed by atoms with Gasteiger partial charge in [0.25, 0.3) is 0 Å². The summed E-state index contributed by atoms with van der Waals surface area (Å²) in [6, 6.07) is 6.82. The molecule has 6 heteroatoms. The van der Waals surface area contributed by atoms with Crippen LogP contribution in [0, 0.1) is 0 Å². The Labute approximate surface area is 122 Å². The lowest BCUT2D eigenvalue weighted by Crippen LogP contribution is -2.38. The second kappa shape index (κ2) is 5.37. The quantitative estimate of drug-likeness (QED) is 0.787. The minimum atomic E-state index is -0.776. The number of urea groups is 1. The molecule has 3 N–H and O–H groups in total. The molecule has 1 aliphatic carbocycles. The van der Waals surface area contributed by atoms with E-state index in [1.54, 1.807) is 24.3 Å². The second-order valence-corrected chi connectivity index (χ2v) is 5.62. The van der Waals surface area contributed by atoms with E-state index in [2.05, 4.69) is 10.6 Å². The predicted molar refractivity (Wildman–Crippen MR) is 76.4 cm³/mol. The van der Waals surface area contributed by atoms with Crippen LogP contribution in [0.5, 0.6) is 0 Å². The lowest BCUT2D eigenvalue weighted by atomic mass is 9.96. The molecule has 0 aromatic heterocycles. The summed E-state index contributed by atoms with van der Waals surface area (Å²) in [4.78, 5) is 23.0. The van der Waals surface area contributed by atoms with Gasteiger partial charge in [-0.1, -0.05) is 12.1 Å². The average Bonchev–Trinajstić information content (AvgIpc) is 3.12. The van der Waals surface area contributed by atoms with Crippen molar-refractivity contribution in [1.29, 1.82) is 0 Å². The Hall–Kier alpha value is -2.08. The van der Waals surface area contributed by atoms with Crippen LogP contribution in [0.15, 0.2) is 24.3 Å². The molecule has 1 heterocycles. The molecule has 1 saturated carbocycles. The summed E-state index contributed by atoms with van der Waals surface area (Å²) in [5, 5.41) is 14.8. The van der Waals surface area contributed by atoms with Crippen LogP contribution in [0.1, 0.15) is 24.8 Å². The van der Waals surface area contributed by atoms with E-state index in [4.69, 9.17) is 4.74 Å². The number of carboxylic acids is 1. The maximum Gasteiger partial charge on any atom is 0.319 e. The first-order valence-corrected chi connectivity index (χ1v) is 7.09. The fourth-order valence-corrected chi connectivity index (χ4v) is 2.62. The fraction of sp³-hybridized carbons (Fsp3) is 0.467.